The molecule has 0 saturated carbocycles. The van der Waals surface area contributed by atoms with E-state index >= 15 is 0 Å². The van der Waals surface area contributed by atoms with Gasteiger partial charge in [-0.1, -0.05) is 13.0 Å². The second-order valence-electron chi connectivity index (χ2n) is 6.13. The van der Waals surface area contributed by atoms with E-state index in [0.717, 1.165) is 30.8 Å². The Labute approximate surface area is 152 Å². The normalized spacial score (nSPS) is 10.6. The maximum absolute atomic E-state index is 13.6. The number of carbonyl (C=O) groups excluding carboxylic acids is 2. The molecule has 0 aliphatic heterocycles. The van der Waals surface area contributed by atoms with Crippen LogP contribution in [0.15, 0.2) is 30.6 Å². The lowest BCUT2D eigenvalue weighted by Gasteiger charge is -2.09. The number of hydrogen-bond acceptors (Lipinski definition) is 3. The minimum atomic E-state index is -0.487. The van der Waals surface area contributed by atoms with Crippen molar-refractivity contribution in [3.05, 3.63) is 47.8 Å². The molecule has 26 heavy (non-hydrogen) atoms. The molecule has 0 spiro atoms. The molecule has 2 rings (SSSR count). The summed E-state index contributed by atoms with van der Waals surface area (Å²) < 4.78 is 15.7. The van der Waals surface area contributed by atoms with Gasteiger partial charge in [-0.25, -0.2) is 9.37 Å². The lowest BCUT2D eigenvalue weighted by Crippen LogP contribution is -2.26. The van der Waals surface area contributed by atoms with Crippen molar-refractivity contribution in [3.63, 3.8) is 0 Å². The minimum Gasteiger partial charge on any atom is -0.356 e. The topological polar surface area (TPSA) is 76.0 Å². The number of anilines is 1. The highest BCUT2D eigenvalue weighted by Gasteiger charge is 2.10. The number of carbonyl (C=O) groups is 2. The van der Waals surface area contributed by atoms with Crippen LogP contribution >= 0.6 is 0 Å². The van der Waals surface area contributed by atoms with Gasteiger partial charge in [0.1, 0.15) is 11.6 Å². The molecule has 0 saturated heterocycles. The van der Waals surface area contributed by atoms with Crippen molar-refractivity contribution in [3.8, 4) is 0 Å². The van der Waals surface area contributed by atoms with E-state index in [0.29, 0.717) is 6.54 Å². The summed E-state index contributed by atoms with van der Waals surface area (Å²) >= 11 is 0. The van der Waals surface area contributed by atoms with Crippen molar-refractivity contribution in [1.82, 2.24) is 14.9 Å². The summed E-state index contributed by atoms with van der Waals surface area (Å²) in [6.07, 6.45) is 5.44. The molecule has 0 atom stereocenters. The van der Waals surface area contributed by atoms with Crippen LogP contribution in [-0.4, -0.2) is 27.9 Å². The van der Waals surface area contributed by atoms with Crippen molar-refractivity contribution in [2.24, 2.45) is 0 Å². The Bertz CT molecular complexity index is 758. The van der Waals surface area contributed by atoms with Gasteiger partial charge in [-0.3, -0.25) is 9.59 Å². The standard InChI is InChI=1S/C19H25FN4O2/c1-3-17-21-10-12-24(17)11-4-9-22-18(25)7-8-19(26)23-16-13-14(2)5-6-15(16)20/h5-6,10,12-13H,3-4,7-9,11H2,1-2H3,(H,22,25)(H,23,26). The first-order chi connectivity index (χ1) is 12.5. The number of aromatic nitrogens is 2. The molecule has 6 nitrogen and oxygen atoms in total. The first-order valence-electron chi connectivity index (χ1n) is 8.82. The van der Waals surface area contributed by atoms with Gasteiger partial charge in [0.25, 0.3) is 0 Å². The Balaban J connectivity index is 1.65. The van der Waals surface area contributed by atoms with Gasteiger partial charge in [-0.15, -0.1) is 0 Å². The molecule has 0 aliphatic carbocycles. The van der Waals surface area contributed by atoms with E-state index in [1.807, 2.05) is 20.0 Å². The van der Waals surface area contributed by atoms with Gasteiger partial charge in [0, 0.05) is 44.7 Å². The predicted molar refractivity (Wildman–Crippen MR) is 98.2 cm³/mol. The number of rotatable bonds is 9. The van der Waals surface area contributed by atoms with Crippen LogP contribution in [0.4, 0.5) is 10.1 Å². The molecular formula is C19H25FN4O2. The van der Waals surface area contributed by atoms with Crippen molar-refractivity contribution in [1.29, 1.82) is 0 Å². The third-order valence-electron chi connectivity index (χ3n) is 3.99. The van der Waals surface area contributed by atoms with Gasteiger partial charge >= 0.3 is 0 Å². The number of hydrogen-bond donors (Lipinski definition) is 2. The Morgan fingerprint density at radius 2 is 2.00 bits per heavy atom. The molecule has 1 heterocycles. The zero-order valence-corrected chi connectivity index (χ0v) is 15.2. The van der Waals surface area contributed by atoms with Crippen molar-refractivity contribution < 1.29 is 14.0 Å². The first-order valence-corrected chi connectivity index (χ1v) is 8.82. The summed E-state index contributed by atoms with van der Waals surface area (Å²) in [7, 11) is 0. The van der Waals surface area contributed by atoms with Crippen LogP contribution in [0, 0.1) is 12.7 Å². The van der Waals surface area contributed by atoms with Crippen LogP contribution in [0.1, 0.15) is 37.6 Å². The second kappa shape index (κ2) is 9.70. The fourth-order valence-electron chi connectivity index (χ4n) is 2.60. The summed E-state index contributed by atoms with van der Waals surface area (Å²) in [4.78, 5) is 27.9. The summed E-state index contributed by atoms with van der Waals surface area (Å²) in [5.74, 6) is -0.0300. The highest BCUT2D eigenvalue weighted by molar-refractivity contribution is 5.93. The van der Waals surface area contributed by atoms with Gasteiger partial charge < -0.3 is 15.2 Å². The van der Waals surface area contributed by atoms with E-state index in [-0.39, 0.29) is 30.3 Å². The van der Waals surface area contributed by atoms with Crippen LogP contribution in [0.25, 0.3) is 0 Å². The Morgan fingerprint density at radius 3 is 2.77 bits per heavy atom. The molecule has 1 aromatic carbocycles. The maximum atomic E-state index is 13.6. The first kappa shape index (κ1) is 19.6. The monoisotopic (exact) mass is 360 g/mol. The molecule has 1 aromatic heterocycles. The molecule has 0 radical (unpaired) electrons. The number of imidazole rings is 1. The fourth-order valence-corrected chi connectivity index (χ4v) is 2.60. The molecule has 0 bridgehead atoms. The summed E-state index contributed by atoms with van der Waals surface area (Å²) in [5, 5.41) is 5.30. The molecule has 0 fully saturated rings. The van der Waals surface area contributed by atoms with Crippen LogP contribution in [0.3, 0.4) is 0 Å². The third-order valence-corrected chi connectivity index (χ3v) is 3.99. The van der Waals surface area contributed by atoms with Gasteiger partial charge in [0.15, 0.2) is 0 Å². The molecular weight excluding hydrogens is 335 g/mol. The quantitative estimate of drug-likeness (QED) is 0.675. The second-order valence-corrected chi connectivity index (χ2v) is 6.13. The highest BCUT2D eigenvalue weighted by atomic mass is 19.1. The van der Waals surface area contributed by atoms with Crippen molar-refractivity contribution in [2.75, 3.05) is 11.9 Å². The van der Waals surface area contributed by atoms with Gasteiger partial charge in [0.05, 0.1) is 5.69 Å². The number of aryl methyl sites for hydroxylation is 3. The molecule has 2 aromatic rings. The number of nitrogens with one attached hydrogen (secondary N) is 2. The average Bonchev–Trinajstić information content (AvgIpc) is 3.07. The predicted octanol–water partition coefficient (Wildman–Crippen LogP) is 2.82. The van der Waals surface area contributed by atoms with E-state index in [4.69, 9.17) is 0 Å². The smallest absolute Gasteiger partial charge is 0.224 e. The largest absolute Gasteiger partial charge is 0.356 e. The Hall–Kier alpha value is -2.70. The molecule has 0 unspecified atom stereocenters. The van der Waals surface area contributed by atoms with Gasteiger partial charge in [-0.2, -0.15) is 0 Å². The molecule has 140 valence electrons. The van der Waals surface area contributed by atoms with E-state index in [1.165, 1.54) is 6.07 Å². The zero-order chi connectivity index (χ0) is 18.9. The van der Waals surface area contributed by atoms with Crippen LogP contribution in [0.2, 0.25) is 0 Å². The van der Waals surface area contributed by atoms with Gasteiger partial charge in [-0.05, 0) is 31.0 Å². The minimum absolute atomic E-state index is 0.0146. The number of benzene rings is 1. The van der Waals surface area contributed by atoms with E-state index in [1.54, 1.807) is 18.3 Å². The molecule has 0 aliphatic rings. The van der Waals surface area contributed by atoms with E-state index < -0.39 is 5.82 Å². The van der Waals surface area contributed by atoms with Gasteiger partial charge in [0.2, 0.25) is 11.8 Å². The molecule has 7 heteroatoms. The maximum Gasteiger partial charge on any atom is 0.224 e. The summed E-state index contributed by atoms with van der Waals surface area (Å²) in [6, 6.07) is 4.50. The lowest BCUT2D eigenvalue weighted by molar-refractivity contribution is -0.124. The average molecular weight is 360 g/mol. The van der Waals surface area contributed by atoms with Crippen LogP contribution in [-0.2, 0) is 22.6 Å². The molecule has 2 amide bonds. The Morgan fingerprint density at radius 1 is 1.23 bits per heavy atom. The molecule has 2 N–H and O–H groups in total. The number of amides is 2. The van der Waals surface area contributed by atoms with Crippen LogP contribution < -0.4 is 10.6 Å². The summed E-state index contributed by atoms with van der Waals surface area (Å²) in [6.45, 7) is 5.19. The SMILES string of the molecule is CCc1nccn1CCCNC(=O)CCC(=O)Nc1cc(C)ccc1F. The van der Waals surface area contributed by atoms with Crippen molar-refractivity contribution >= 4 is 17.5 Å². The van der Waals surface area contributed by atoms with E-state index in [2.05, 4.69) is 20.2 Å². The van der Waals surface area contributed by atoms with Crippen molar-refractivity contribution in [2.45, 2.75) is 46.1 Å². The fraction of sp³-hybridized carbons (Fsp3) is 0.421. The zero-order valence-electron chi connectivity index (χ0n) is 15.2. The van der Waals surface area contributed by atoms with E-state index in [9.17, 15) is 14.0 Å². The number of halogens is 1. The Kier molecular flexibility index (Phi) is 7.32. The number of nitrogens with zero attached hydrogens (tertiary/aromatic N) is 2. The summed E-state index contributed by atoms with van der Waals surface area (Å²) in [5.41, 5.74) is 0.992. The highest BCUT2D eigenvalue weighted by Crippen LogP contribution is 2.15. The third kappa shape index (κ3) is 5.98. The lowest BCUT2D eigenvalue weighted by atomic mass is 10.2. The van der Waals surface area contributed by atoms with Crippen LogP contribution in [0.5, 0.6) is 0 Å².